The van der Waals surface area contributed by atoms with Gasteiger partial charge in [-0.25, -0.2) is 0 Å². The van der Waals surface area contributed by atoms with Crippen LogP contribution in [0.15, 0.2) is 92.1 Å². The number of benzene rings is 2. The molecule has 2 nitrogen and oxygen atoms in total. The zero-order chi connectivity index (χ0) is 26.1. The molecule has 0 amide bonds. The summed E-state index contributed by atoms with van der Waals surface area (Å²) >= 11 is 1.74. The van der Waals surface area contributed by atoms with E-state index in [2.05, 4.69) is 105 Å². The molecule has 1 aliphatic carbocycles. The number of pyridine rings is 1. The molecule has 2 unspecified atom stereocenters. The predicted octanol–water partition coefficient (Wildman–Crippen LogP) is 8.71. The van der Waals surface area contributed by atoms with Crippen LogP contribution < -0.4 is 5.32 Å². The first-order chi connectivity index (χ1) is 17.5. The number of aromatic nitrogens is 1. The van der Waals surface area contributed by atoms with Crippen LogP contribution in [0.5, 0.6) is 0 Å². The second-order valence-corrected chi connectivity index (χ2v) is 10.1. The summed E-state index contributed by atoms with van der Waals surface area (Å²) in [6, 6.07) is 19.8. The average Bonchev–Trinajstić information content (AvgIpc) is 3.78. The first-order valence-corrected chi connectivity index (χ1v) is 13.2. The van der Waals surface area contributed by atoms with E-state index in [1.54, 1.807) is 11.8 Å². The van der Waals surface area contributed by atoms with Gasteiger partial charge in [-0.1, -0.05) is 68.1 Å². The Hall–Kier alpha value is -3.48. The lowest BCUT2D eigenvalue weighted by atomic mass is 9.92. The molecule has 0 bridgehead atoms. The van der Waals surface area contributed by atoms with Crippen molar-refractivity contribution in [2.45, 2.75) is 43.8 Å². The monoisotopic (exact) mass is 492 g/mol. The molecule has 0 saturated heterocycles. The lowest BCUT2D eigenvalue weighted by Crippen LogP contribution is -2.11. The van der Waals surface area contributed by atoms with Gasteiger partial charge in [0.1, 0.15) is 0 Å². The molecule has 1 aliphatic rings. The molecule has 2 aromatic carbocycles. The Kier molecular flexibility index (Phi) is 9.79. The summed E-state index contributed by atoms with van der Waals surface area (Å²) in [6.07, 6.45) is 6.43. The average molecular weight is 493 g/mol. The van der Waals surface area contributed by atoms with Gasteiger partial charge in [0.15, 0.2) is 0 Å². The molecule has 1 heterocycles. The number of hydrogen-bond acceptors (Lipinski definition) is 3. The normalized spacial score (nSPS) is 13.8. The highest BCUT2D eigenvalue weighted by Gasteiger charge is 2.26. The van der Waals surface area contributed by atoms with E-state index in [9.17, 15) is 0 Å². The van der Waals surface area contributed by atoms with Gasteiger partial charge < -0.3 is 5.32 Å². The number of hydrogen-bond donors (Lipinski definition) is 1. The van der Waals surface area contributed by atoms with Crippen LogP contribution >= 0.6 is 11.8 Å². The maximum atomic E-state index is 4.82. The first kappa shape index (κ1) is 27.1. The Morgan fingerprint density at radius 1 is 1.08 bits per heavy atom. The summed E-state index contributed by atoms with van der Waals surface area (Å²) in [6.45, 7) is 18.3. The summed E-state index contributed by atoms with van der Waals surface area (Å²) in [5, 5.41) is 4.27. The fourth-order valence-corrected chi connectivity index (χ4v) is 5.27. The van der Waals surface area contributed by atoms with E-state index in [-0.39, 0.29) is 11.2 Å². The maximum absolute atomic E-state index is 4.82. The van der Waals surface area contributed by atoms with Crippen molar-refractivity contribution in [2.75, 3.05) is 7.05 Å². The first-order valence-electron chi connectivity index (χ1n) is 12.3. The molecule has 36 heavy (non-hydrogen) atoms. The van der Waals surface area contributed by atoms with Crippen LogP contribution in [-0.4, -0.2) is 12.0 Å². The lowest BCUT2D eigenvalue weighted by molar-refractivity contribution is 0.723. The van der Waals surface area contributed by atoms with Gasteiger partial charge in [-0.2, -0.15) is 0 Å². The van der Waals surface area contributed by atoms with Crippen LogP contribution in [0.25, 0.3) is 17.2 Å². The fourth-order valence-electron chi connectivity index (χ4n) is 4.23. The Morgan fingerprint density at radius 2 is 1.81 bits per heavy atom. The van der Waals surface area contributed by atoms with Gasteiger partial charge in [-0.3, -0.25) is 4.98 Å². The van der Waals surface area contributed by atoms with Crippen molar-refractivity contribution in [1.29, 1.82) is 0 Å². The van der Waals surface area contributed by atoms with Crippen LogP contribution in [-0.2, 0) is 0 Å². The summed E-state index contributed by atoms with van der Waals surface area (Å²) < 4.78 is 0. The molecular weight excluding hydrogens is 456 g/mol. The summed E-state index contributed by atoms with van der Waals surface area (Å²) in [7, 11) is 1.92. The molecule has 1 aromatic heterocycles. The molecule has 1 N–H and O–H groups in total. The van der Waals surface area contributed by atoms with Gasteiger partial charge >= 0.3 is 0 Å². The number of nitrogens with one attached hydrogen (secondary N) is 1. The molecule has 0 radical (unpaired) electrons. The number of nitrogens with zero attached hydrogens (tertiary/aromatic N) is 1. The lowest BCUT2D eigenvalue weighted by Gasteiger charge is -2.25. The van der Waals surface area contributed by atoms with E-state index in [1.165, 1.54) is 24.0 Å². The minimum atomic E-state index is 0.129. The van der Waals surface area contributed by atoms with Gasteiger partial charge in [0, 0.05) is 18.8 Å². The third kappa shape index (κ3) is 6.80. The standard InChI is InChI=1S/C31H32N2S.C2H4/c1-6-8-24-17-23(7-2)18-29(19-24)28-15-16-33-30(20-28)31(34-22(4)32-5)21(3)25-9-11-26(12-10-25)27-13-14-27;1-2/h7,9-12,15-21,27,31-32H,2,4,13-14H2,1,3,5H3;1-2H2. The van der Waals surface area contributed by atoms with Crippen molar-refractivity contribution in [3.05, 3.63) is 120 Å². The third-order valence-corrected chi connectivity index (χ3v) is 7.77. The van der Waals surface area contributed by atoms with E-state index in [4.69, 9.17) is 4.98 Å². The molecule has 3 aromatic rings. The van der Waals surface area contributed by atoms with E-state index in [0.717, 1.165) is 38.9 Å². The van der Waals surface area contributed by atoms with Crippen LogP contribution in [0.3, 0.4) is 0 Å². The smallest absolute Gasteiger partial charge is 0.0612 e. The largest absolute Gasteiger partial charge is 0.383 e. The van der Waals surface area contributed by atoms with E-state index in [0.29, 0.717) is 0 Å². The minimum absolute atomic E-state index is 0.129. The molecule has 1 saturated carbocycles. The molecule has 3 heteroatoms. The van der Waals surface area contributed by atoms with Gasteiger partial charge in [-0.15, -0.1) is 19.1 Å². The van der Waals surface area contributed by atoms with Crippen molar-refractivity contribution < 1.29 is 0 Å². The summed E-state index contributed by atoms with van der Waals surface area (Å²) in [4.78, 5) is 4.82. The van der Waals surface area contributed by atoms with E-state index in [1.807, 2.05) is 26.2 Å². The summed E-state index contributed by atoms with van der Waals surface area (Å²) in [5.41, 5.74) is 8.14. The fraction of sp³-hybridized carbons (Fsp3) is 0.242. The zero-order valence-electron chi connectivity index (χ0n) is 21.7. The molecule has 1 fully saturated rings. The van der Waals surface area contributed by atoms with Gasteiger partial charge in [0.25, 0.3) is 0 Å². The zero-order valence-corrected chi connectivity index (χ0v) is 22.5. The predicted molar refractivity (Wildman–Crippen MR) is 159 cm³/mol. The highest BCUT2D eigenvalue weighted by atomic mass is 32.2. The van der Waals surface area contributed by atoms with E-state index < -0.39 is 0 Å². The molecule has 4 rings (SSSR count). The van der Waals surface area contributed by atoms with Gasteiger partial charge in [0.2, 0.25) is 0 Å². The number of thioether (sulfide) groups is 1. The van der Waals surface area contributed by atoms with Crippen LogP contribution in [0, 0.1) is 11.8 Å². The molecular formula is C33H36N2S. The minimum Gasteiger partial charge on any atom is -0.383 e. The Balaban J connectivity index is 0.00000176. The molecule has 0 aliphatic heterocycles. The van der Waals surface area contributed by atoms with Crippen molar-refractivity contribution in [3.63, 3.8) is 0 Å². The molecule has 184 valence electrons. The van der Waals surface area contributed by atoms with Crippen molar-refractivity contribution in [1.82, 2.24) is 10.3 Å². The summed E-state index contributed by atoms with van der Waals surface area (Å²) in [5.74, 6) is 7.22. The van der Waals surface area contributed by atoms with Crippen LogP contribution in [0.2, 0.25) is 0 Å². The highest BCUT2D eigenvalue weighted by molar-refractivity contribution is 8.03. The van der Waals surface area contributed by atoms with Crippen molar-refractivity contribution >= 4 is 17.8 Å². The van der Waals surface area contributed by atoms with Gasteiger partial charge in [-0.05, 0) is 89.8 Å². The Morgan fingerprint density at radius 3 is 2.42 bits per heavy atom. The third-order valence-electron chi connectivity index (χ3n) is 6.38. The van der Waals surface area contributed by atoms with E-state index >= 15 is 0 Å². The SMILES string of the molecule is C=C.C=Cc1cc(C#CC)cc(-c2ccnc(C(SC(=C)NC)C(C)c3ccc(C4CC4)cc3)c2)c1. The Labute approximate surface area is 221 Å². The maximum Gasteiger partial charge on any atom is 0.0612 e. The topological polar surface area (TPSA) is 24.9 Å². The highest BCUT2D eigenvalue weighted by Crippen LogP contribution is 2.45. The van der Waals surface area contributed by atoms with Crippen LogP contribution in [0.1, 0.15) is 71.7 Å². The Bertz CT molecular complexity index is 1260. The second kappa shape index (κ2) is 13.0. The van der Waals surface area contributed by atoms with Crippen molar-refractivity contribution in [2.24, 2.45) is 0 Å². The molecule has 2 atom stereocenters. The number of rotatable bonds is 9. The second-order valence-electron chi connectivity index (χ2n) is 8.83. The quantitative estimate of drug-likeness (QED) is 0.239. The van der Waals surface area contributed by atoms with Gasteiger partial charge in [0.05, 0.1) is 16.0 Å². The van der Waals surface area contributed by atoms with Crippen LogP contribution in [0.4, 0.5) is 0 Å². The molecule has 0 spiro atoms. The van der Waals surface area contributed by atoms with Crippen molar-refractivity contribution in [3.8, 4) is 23.0 Å².